The summed E-state index contributed by atoms with van der Waals surface area (Å²) < 4.78 is 13.0. The van der Waals surface area contributed by atoms with Crippen molar-refractivity contribution in [3.05, 3.63) is 101 Å². The van der Waals surface area contributed by atoms with Gasteiger partial charge in [0.05, 0.1) is 0 Å². The first kappa shape index (κ1) is 22.5. The van der Waals surface area contributed by atoms with E-state index in [0.29, 0.717) is 25.0 Å². The molecule has 2 unspecified atom stereocenters. The third-order valence-electron chi connectivity index (χ3n) is 5.88. The predicted octanol–water partition coefficient (Wildman–Crippen LogP) is 5.68. The number of hydrogen-bond donors (Lipinski definition) is 0. The highest BCUT2D eigenvalue weighted by molar-refractivity contribution is 6.61. The molecule has 2 atom stereocenters. The van der Waals surface area contributed by atoms with E-state index in [2.05, 4.69) is 107 Å². The minimum Gasteiger partial charge on any atom is -0.393 e. The van der Waals surface area contributed by atoms with Gasteiger partial charge in [-0.2, -0.15) is 0 Å². The highest BCUT2D eigenvalue weighted by Crippen LogP contribution is 2.22. The fourth-order valence-corrected chi connectivity index (χ4v) is 6.12. The third-order valence-corrected chi connectivity index (χ3v) is 8.02. The zero-order valence-electron chi connectivity index (χ0n) is 18.9. The van der Waals surface area contributed by atoms with Crippen molar-refractivity contribution in [2.45, 2.75) is 46.5 Å². The van der Waals surface area contributed by atoms with Crippen molar-refractivity contribution >= 4 is 14.5 Å². The van der Waals surface area contributed by atoms with Crippen molar-refractivity contribution in [1.29, 1.82) is 0 Å². The van der Waals surface area contributed by atoms with Crippen LogP contribution in [-0.2, 0) is 8.85 Å². The van der Waals surface area contributed by atoms with E-state index >= 15 is 0 Å². The Morgan fingerprint density at radius 3 is 1.43 bits per heavy atom. The van der Waals surface area contributed by atoms with Crippen molar-refractivity contribution in [2.24, 2.45) is 0 Å². The van der Waals surface area contributed by atoms with Crippen LogP contribution in [0, 0.1) is 20.8 Å². The van der Waals surface area contributed by atoms with Gasteiger partial charge in [-0.15, -0.1) is 0 Å². The maximum Gasteiger partial charge on any atom is 0.356 e. The molecular weight excluding hydrogens is 384 g/mol. The molecule has 2 nitrogen and oxygen atoms in total. The van der Waals surface area contributed by atoms with Crippen molar-refractivity contribution in [1.82, 2.24) is 0 Å². The average Bonchev–Trinajstić information content (AvgIpc) is 2.75. The lowest BCUT2D eigenvalue weighted by Crippen LogP contribution is -2.40. The van der Waals surface area contributed by atoms with Crippen LogP contribution in [0.25, 0.3) is 0 Å². The van der Waals surface area contributed by atoms with E-state index in [9.17, 15) is 0 Å². The first-order chi connectivity index (χ1) is 14.5. The maximum atomic E-state index is 6.51. The monoisotopic (exact) mass is 418 g/mol. The number of benzene rings is 3. The Bertz CT molecular complexity index is 897. The summed E-state index contributed by atoms with van der Waals surface area (Å²) in [7, 11) is -2.02. The van der Waals surface area contributed by atoms with E-state index in [1.165, 1.54) is 33.0 Å². The Hall–Kier alpha value is -2.20. The van der Waals surface area contributed by atoms with Crippen LogP contribution in [0.3, 0.4) is 0 Å². The Morgan fingerprint density at radius 2 is 1.00 bits per heavy atom. The smallest absolute Gasteiger partial charge is 0.356 e. The summed E-state index contributed by atoms with van der Waals surface area (Å²) >= 11 is 0. The summed E-state index contributed by atoms with van der Waals surface area (Å²) in [4.78, 5) is 0. The second kappa shape index (κ2) is 10.7. The SMILES string of the molecule is Cc1ccccc1C(C)CO[SiH](OCC(C)c1ccccc1C)c1ccccc1C. The van der Waals surface area contributed by atoms with Crippen LogP contribution < -0.4 is 5.19 Å². The van der Waals surface area contributed by atoms with Gasteiger partial charge in [-0.25, -0.2) is 0 Å². The van der Waals surface area contributed by atoms with Crippen molar-refractivity contribution in [2.75, 3.05) is 13.2 Å². The summed E-state index contributed by atoms with van der Waals surface area (Å²) in [6, 6.07) is 25.6. The second-order valence-corrected chi connectivity index (χ2v) is 10.3. The zero-order valence-corrected chi connectivity index (χ0v) is 20.0. The summed E-state index contributed by atoms with van der Waals surface area (Å²) in [6.45, 7) is 12.3. The molecule has 30 heavy (non-hydrogen) atoms. The molecule has 3 heteroatoms. The third kappa shape index (κ3) is 5.69. The lowest BCUT2D eigenvalue weighted by atomic mass is 9.97. The molecule has 0 aromatic heterocycles. The lowest BCUT2D eigenvalue weighted by molar-refractivity contribution is 0.191. The number of aryl methyl sites for hydroxylation is 3. The average molecular weight is 419 g/mol. The van der Waals surface area contributed by atoms with Gasteiger partial charge in [-0.1, -0.05) is 86.6 Å². The van der Waals surface area contributed by atoms with E-state index in [-0.39, 0.29) is 0 Å². The lowest BCUT2D eigenvalue weighted by Gasteiger charge is -2.24. The highest BCUT2D eigenvalue weighted by atomic mass is 28.3. The van der Waals surface area contributed by atoms with E-state index in [1.807, 2.05) is 0 Å². The molecule has 0 saturated carbocycles. The van der Waals surface area contributed by atoms with Gasteiger partial charge in [0.25, 0.3) is 0 Å². The van der Waals surface area contributed by atoms with Crippen LogP contribution in [0.4, 0.5) is 0 Å². The molecule has 0 N–H and O–H groups in total. The molecule has 0 amide bonds. The van der Waals surface area contributed by atoms with Crippen molar-refractivity contribution < 1.29 is 8.85 Å². The molecule has 0 aliphatic carbocycles. The molecule has 3 aromatic rings. The highest BCUT2D eigenvalue weighted by Gasteiger charge is 2.22. The second-order valence-electron chi connectivity index (χ2n) is 8.37. The van der Waals surface area contributed by atoms with Crippen molar-refractivity contribution in [3.63, 3.8) is 0 Å². The normalized spacial score (nSPS) is 14.3. The predicted molar refractivity (Wildman–Crippen MR) is 129 cm³/mol. The minimum absolute atomic E-state index is 0.336. The van der Waals surface area contributed by atoms with Crippen LogP contribution in [0.5, 0.6) is 0 Å². The number of hydrogen-bond acceptors (Lipinski definition) is 2. The molecule has 0 spiro atoms. The maximum absolute atomic E-state index is 6.51. The van der Waals surface area contributed by atoms with E-state index in [0.717, 1.165) is 0 Å². The van der Waals surface area contributed by atoms with Crippen LogP contribution in [0.2, 0.25) is 0 Å². The Kier molecular flexibility index (Phi) is 8.03. The zero-order chi connectivity index (χ0) is 21.5. The van der Waals surface area contributed by atoms with Gasteiger partial charge in [0.2, 0.25) is 0 Å². The Morgan fingerprint density at radius 1 is 0.600 bits per heavy atom. The van der Waals surface area contributed by atoms with Gasteiger partial charge in [0.15, 0.2) is 0 Å². The molecule has 0 aliphatic rings. The van der Waals surface area contributed by atoms with E-state index < -0.39 is 9.28 Å². The first-order valence-electron chi connectivity index (χ1n) is 10.9. The molecule has 0 radical (unpaired) electrons. The van der Waals surface area contributed by atoms with Gasteiger partial charge < -0.3 is 8.85 Å². The van der Waals surface area contributed by atoms with Gasteiger partial charge in [0, 0.05) is 25.0 Å². The Balaban J connectivity index is 1.72. The molecule has 3 aromatic carbocycles. The van der Waals surface area contributed by atoms with Gasteiger partial charge in [-0.05, 0) is 53.8 Å². The van der Waals surface area contributed by atoms with Crippen LogP contribution in [-0.4, -0.2) is 22.5 Å². The van der Waals surface area contributed by atoms with Gasteiger partial charge >= 0.3 is 9.28 Å². The first-order valence-corrected chi connectivity index (χ1v) is 12.4. The fourth-order valence-electron chi connectivity index (χ4n) is 4.00. The molecular formula is C27H34O2Si. The molecule has 3 rings (SSSR count). The van der Waals surface area contributed by atoms with Gasteiger partial charge in [0.1, 0.15) is 0 Å². The summed E-state index contributed by atoms with van der Waals surface area (Å²) in [5.41, 5.74) is 6.58. The minimum atomic E-state index is -2.02. The molecule has 0 heterocycles. The summed E-state index contributed by atoms with van der Waals surface area (Å²) in [6.07, 6.45) is 0. The molecule has 0 fully saturated rings. The Labute approximate surface area is 183 Å². The van der Waals surface area contributed by atoms with E-state index in [1.54, 1.807) is 0 Å². The molecule has 0 aliphatic heterocycles. The molecule has 158 valence electrons. The fraction of sp³-hybridized carbons (Fsp3) is 0.333. The molecule has 0 saturated heterocycles. The quantitative estimate of drug-likeness (QED) is 0.416. The van der Waals surface area contributed by atoms with Crippen molar-refractivity contribution in [3.8, 4) is 0 Å². The van der Waals surface area contributed by atoms with Crippen LogP contribution in [0.15, 0.2) is 72.8 Å². The topological polar surface area (TPSA) is 18.5 Å². The van der Waals surface area contributed by atoms with Crippen LogP contribution in [0.1, 0.15) is 53.5 Å². The number of rotatable bonds is 9. The molecule has 0 bridgehead atoms. The summed E-state index contributed by atoms with van der Waals surface area (Å²) in [5.74, 6) is 0.671. The van der Waals surface area contributed by atoms with Gasteiger partial charge in [-0.3, -0.25) is 0 Å². The summed E-state index contributed by atoms with van der Waals surface area (Å²) in [5, 5.41) is 1.24. The van der Waals surface area contributed by atoms with E-state index in [4.69, 9.17) is 8.85 Å². The standard InChI is InChI=1S/C27H34O2Si/c1-20-12-6-9-15-25(20)23(4)18-28-30(27-17-11-8-14-22(27)3)29-19-24(5)26-16-10-7-13-21(26)2/h6-17,23-24,30H,18-19H2,1-5H3. The largest absolute Gasteiger partial charge is 0.393 e. The van der Waals surface area contributed by atoms with Crippen LogP contribution >= 0.6 is 0 Å².